The van der Waals surface area contributed by atoms with Crippen LogP contribution in [-0.4, -0.2) is 74.7 Å². The van der Waals surface area contributed by atoms with Gasteiger partial charge in [-0.2, -0.15) is 0 Å². The summed E-state index contributed by atoms with van der Waals surface area (Å²) >= 11 is 0. The van der Waals surface area contributed by atoms with Crippen molar-refractivity contribution in [2.75, 3.05) is 46.4 Å². The highest BCUT2D eigenvalue weighted by Gasteiger charge is 2.60. The number of hydrogen-bond donors (Lipinski definition) is 6. The molecule has 114 valence electrons. The molecule has 4 atom stereocenters. The van der Waals surface area contributed by atoms with Crippen molar-refractivity contribution < 1.29 is 9.22 Å². The second-order valence-corrected chi connectivity index (χ2v) is 5.52. The van der Waals surface area contributed by atoms with E-state index in [2.05, 4.69) is 0 Å². The van der Waals surface area contributed by atoms with Crippen LogP contribution in [0, 0.1) is 0 Å². The molecule has 1 heterocycles. The highest BCUT2D eigenvalue weighted by atomic mass is 16.5. The number of nitrogens with zero attached hydrogens (tertiary/aromatic N) is 1. The van der Waals surface area contributed by atoms with E-state index in [1.807, 2.05) is 7.05 Å². The maximum Gasteiger partial charge on any atom is 0.157 e. The van der Waals surface area contributed by atoms with Crippen molar-refractivity contribution in [1.29, 1.82) is 0 Å². The number of ether oxygens (including phenoxy) is 1. The van der Waals surface area contributed by atoms with Gasteiger partial charge < -0.3 is 33.4 Å². The van der Waals surface area contributed by atoms with E-state index in [0.717, 1.165) is 0 Å². The molecule has 0 aromatic carbocycles. The van der Waals surface area contributed by atoms with E-state index < -0.39 is 5.54 Å². The Balaban J connectivity index is 3.29. The quantitative estimate of drug-likeness (QED) is 0.269. The molecule has 1 rings (SSSR count). The lowest BCUT2D eigenvalue weighted by atomic mass is 9.78. The first-order valence-corrected chi connectivity index (χ1v) is 6.70. The first-order valence-electron chi connectivity index (χ1n) is 6.70. The zero-order chi connectivity index (χ0) is 14.7. The fourth-order valence-corrected chi connectivity index (χ4v) is 3.21. The Morgan fingerprint density at radius 3 is 2.00 bits per heavy atom. The molecule has 0 amide bonds. The lowest BCUT2D eigenvalue weighted by Crippen LogP contribution is -2.86. The molecule has 1 aliphatic rings. The van der Waals surface area contributed by atoms with Gasteiger partial charge in [-0.05, 0) is 0 Å². The molecule has 1 aliphatic heterocycles. The molecule has 0 radical (unpaired) electrons. The number of morpholine rings is 1. The molecule has 0 aromatic rings. The molecule has 0 bridgehead atoms. The van der Waals surface area contributed by atoms with Gasteiger partial charge in [0.2, 0.25) is 0 Å². The number of likely N-dealkylation sites (N-methyl/N-ethyl adjacent to an activating group) is 1. The summed E-state index contributed by atoms with van der Waals surface area (Å²) in [6.07, 6.45) is -0.279. The van der Waals surface area contributed by atoms with Crippen molar-refractivity contribution in [3.63, 3.8) is 0 Å². The topological polar surface area (TPSA) is 165 Å². The Morgan fingerprint density at radius 1 is 1.05 bits per heavy atom. The third-order valence-electron chi connectivity index (χ3n) is 4.75. The van der Waals surface area contributed by atoms with Crippen LogP contribution in [0.5, 0.6) is 0 Å². The molecule has 8 nitrogen and oxygen atoms in total. The largest absolute Gasteiger partial charge is 0.369 e. The predicted octanol–water partition coefficient (Wildman–Crippen LogP) is -3.98. The molecular weight excluding hydrogens is 246 g/mol. The van der Waals surface area contributed by atoms with Crippen LogP contribution >= 0.6 is 0 Å². The molecular formula is C11H30N7O+. The monoisotopic (exact) mass is 276 g/mol. The smallest absolute Gasteiger partial charge is 0.157 e. The minimum Gasteiger partial charge on any atom is -0.369 e. The minimum absolute atomic E-state index is 0.279. The highest BCUT2D eigenvalue weighted by Crippen LogP contribution is 2.33. The van der Waals surface area contributed by atoms with E-state index >= 15 is 0 Å². The van der Waals surface area contributed by atoms with Gasteiger partial charge in [-0.25, -0.2) is 0 Å². The van der Waals surface area contributed by atoms with Crippen LogP contribution in [0.3, 0.4) is 0 Å². The molecule has 1 saturated heterocycles. The normalized spacial score (nSPS) is 36.8. The lowest BCUT2D eigenvalue weighted by molar-refractivity contribution is -0.989. The van der Waals surface area contributed by atoms with Crippen LogP contribution in [-0.2, 0) is 4.74 Å². The second-order valence-electron chi connectivity index (χ2n) is 5.52. The van der Waals surface area contributed by atoms with E-state index in [1.54, 1.807) is 0 Å². The summed E-state index contributed by atoms with van der Waals surface area (Å²) in [6, 6.07) is -0.706. The van der Waals surface area contributed by atoms with Gasteiger partial charge >= 0.3 is 0 Å². The van der Waals surface area contributed by atoms with Crippen LogP contribution in [0.25, 0.3) is 0 Å². The number of quaternary nitrogens is 1. The Labute approximate surface area is 115 Å². The minimum atomic E-state index is -0.611. The van der Waals surface area contributed by atoms with E-state index in [1.165, 1.54) is 0 Å². The van der Waals surface area contributed by atoms with Crippen LogP contribution in [0.15, 0.2) is 0 Å². The Morgan fingerprint density at radius 2 is 1.58 bits per heavy atom. The summed E-state index contributed by atoms with van der Waals surface area (Å²) in [5, 5.41) is 0. The highest BCUT2D eigenvalue weighted by molar-refractivity contribution is 5.03. The predicted molar refractivity (Wildman–Crippen MR) is 75.7 cm³/mol. The van der Waals surface area contributed by atoms with Gasteiger partial charge in [0.1, 0.15) is 13.2 Å². The van der Waals surface area contributed by atoms with Gasteiger partial charge in [-0.1, -0.05) is 0 Å². The van der Waals surface area contributed by atoms with Gasteiger partial charge in [0, 0.05) is 13.1 Å². The van der Waals surface area contributed by atoms with Crippen molar-refractivity contribution in [2.24, 2.45) is 34.4 Å². The van der Waals surface area contributed by atoms with Gasteiger partial charge in [0.25, 0.3) is 0 Å². The molecule has 1 fully saturated rings. The SMILES string of the molecule is C[N+]1(C(N)CN)CCOCC1(C(N)CN)C(N)CN. The Kier molecular flexibility index (Phi) is 5.65. The molecule has 4 unspecified atom stereocenters. The average molecular weight is 276 g/mol. The molecule has 0 aliphatic carbocycles. The Bertz CT molecular complexity index is 280. The summed E-state index contributed by atoms with van der Waals surface area (Å²) in [5.74, 6) is 0. The first kappa shape index (κ1) is 16.7. The van der Waals surface area contributed by atoms with Crippen molar-refractivity contribution in [1.82, 2.24) is 0 Å². The molecule has 8 heteroatoms. The lowest BCUT2D eigenvalue weighted by Gasteiger charge is -2.59. The molecule has 12 N–H and O–H groups in total. The number of hydrogen-bond acceptors (Lipinski definition) is 7. The third-order valence-corrected chi connectivity index (χ3v) is 4.75. The first-order chi connectivity index (χ1) is 8.90. The van der Waals surface area contributed by atoms with Crippen molar-refractivity contribution in [3.05, 3.63) is 0 Å². The number of rotatable bonds is 6. The number of nitrogens with two attached hydrogens (primary N) is 6. The van der Waals surface area contributed by atoms with Crippen molar-refractivity contribution >= 4 is 0 Å². The summed E-state index contributed by atoms with van der Waals surface area (Å²) in [4.78, 5) is 0. The fourth-order valence-electron chi connectivity index (χ4n) is 3.21. The van der Waals surface area contributed by atoms with Gasteiger partial charge in [0.05, 0.1) is 32.3 Å². The zero-order valence-electron chi connectivity index (χ0n) is 11.8. The van der Waals surface area contributed by atoms with Gasteiger partial charge in [0.15, 0.2) is 11.7 Å². The summed E-state index contributed by atoms with van der Waals surface area (Å²) < 4.78 is 6.08. The van der Waals surface area contributed by atoms with Crippen molar-refractivity contribution in [2.45, 2.75) is 23.8 Å². The average Bonchev–Trinajstić information content (AvgIpc) is 2.45. The van der Waals surface area contributed by atoms with Crippen molar-refractivity contribution in [3.8, 4) is 0 Å². The standard InChI is InChI=1S/C11H30N7O/c1-18(10(17)6-14)2-3-19-7-11(18,8(15)4-12)9(16)5-13/h8-10H,2-7,12-17H2,1H3/q+1. The molecule has 0 spiro atoms. The maximum atomic E-state index is 6.27. The maximum absolute atomic E-state index is 6.27. The van der Waals surface area contributed by atoms with Gasteiger partial charge in [-0.15, -0.1) is 0 Å². The fraction of sp³-hybridized carbons (Fsp3) is 1.00. The zero-order valence-corrected chi connectivity index (χ0v) is 11.8. The van der Waals surface area contributed by atoms with Crippen LogP contribution in [0.2, 0.25) is 0 Å². The van der Waals surface area contributed by atoms with Crippen LogP contribution in [0.1, 0.15) is 0 Å². The van der Waals surface area contributed by atoms with E-state index in [4.69, 9.17) is 39.1 Å². The second kappa shape index (κ2) is 6.42. The molecule has 19 heavy (non-hydrogen) atoms. The summed E-state index contributed by atoms with van der Waals surface area (Å²) in [5.41, 5.74) is 35.5. The van der Waals surface area contributed by atoms with E-state index in [0.29, 0.717) is 43.9 Å². The van der Waals surface area contributed by atoms with E-state index in [-0.39, 0.29) is 18.2 Å². The van der Waals surface area contributed by atoms with Crippen LogP contribution in [0.4, 0.5) is 0 Å². The summed E-state index contributed by atoms with van der Waals surface area (Å²) in [6.45, 7) is 2.62. The Hall–Kier alpha value is -0.320. The molecule has 0 aromatic heterocycles. The summed E-state index contributed by atoms with van der Waals surface area (Å²) in [7, 11) is 2.02. The van der Waals surface area contributed by atoms with E-state index in [9.17, 15) is 0 Å². The molecule has 0 saturated carbocycles. The van der Waals surface area contributed by atoms with Gasteiger partial charge in [-0.3, -0.25) is 10.2 Å². The van der Waals surface area contributed by atoms with Crippen LogP contribution < -0.4 is 34.4 Å². The third kappa shape index (κ3) is 2.50.